The molecule has 1 atom stereocenters. The first-order chi connectivity index (χ1) is 16.7. The number of nitrogens with one attached hydrogen (secondary N) is 1. The number of carboxylic acid groups (broad SMARTS) is 1. The number of aliphatic hydroxyl groups is 1. The number of nitrogens with zero attached hydrogens (tertiary/aromatic N) is 2. The van der Waals surface area contributed by atoms with E-state index in [1.807, 2.05) is 0 Å². The third-order valence-electron chi connectivity index (χ3n) is 4.09. The Balaban J connectivity index is 0.000000572. The number of aromatic nitrogens is 2. The molecule has 194 valence electrons. The lowest BCUT2D eigenvalue weighted by atomic mass is 10.1. The van der Waals surface area contributed by atoms with E-state index in [1.165, 1.54) is 42.7 Å². The molecule has 3 rings (SSSR count). The molecule has 7 nitrogen and oxygen atoms in total. The molecule has 2 aromatic carbocycles. The van der Waals surface area contributed by atoms with E-state index in [-0.39, 0.29) is 11.6 Å². The Bertz CT molecular complexity index is 1180. The van der Waals surface area contributed by atoms with Gasteiger partial charge in [-0.1, -0.05) is 23.7 Å². The number of carboxylic acids is 1. The molecule has 1 aromatic heterocycles. The van der Waals surface area contributed by atoms with E-state index in [2.05, 4.69) is 20.0 Å². The summed E-state index contributed by atoms with van der Waals surface area (Å²) in [6, 6.07) is 10.8. The zero-order chi connectivity index (χ0) is 27.1. The molecule has 0 spiro atoms. The molecular formula is C21H15ClF7N3O4. The van der Waals surface area contributed by atoms with Gasteiger partial charge < -0.3 is 20.3 Å². The number of rotatable bonds is 6. The van der Waals surface area contributed by atoms with E-state index >= 15 is 0 Å². The number of hydrogen-bond donors (Lipinski definition) is 3. The number of anilines is 1. The number of benzene rings is 2. The van der Waals surface area contributed by atoms with Crippen molar-refractivity contribution in [3.8, 4) is 17.0 Å². The van der Waals surface area contributed by atoms with Crippen molar-refractivity contribution in [2.75, 3.05) is 11.9 Å². The molecule has 0 aliphatic carbocycles. The summed E-state index contributed by atoms with van der Waals surface area (Å²) in [6.45, 7) is 0.0984. The number of ether oxygens (including phenoxy) is 1. The molecule has 0 bridgehead atoms. The average molecular weight is 542 g/mol. The molecule has 3 N–H and O–H groups in total. The van der Waals surface area contributed by atoms with E-state index < -0.39 is 36.2 Å². The smallest absolute Gasteiger partial charge is 0.475 e. The molecule has 0 radical (unpaired) electrons. The van der Waals surface area contributed by atoms with Gasteiger partial charge in [0.05, 0.1) is 16.8 Å². The van der Waals surface area contributed by atoms with E-state index in [1.54, 1.807) is 6.07 Å². The van der Waals surface area contributed by atoms with Crippen molar-refractivity contribution in [2.24, 2.45) is 0 Å². The SMILES string of the molecule is O=C(O)C(F)(F)F.O[C@@H](CNc1cc(-c2ccc(OC(F)(F)F)c(Cl)c2)ncn1)c1ccc(F)cc1. The summed E-state index contributed by atoms with van der Waals surface area (Å²) in [5, 5.41) is 20.0. The summed E-state index contributed by atoms with van der Waals surface area (Å²) in [5.74, 6) is -3.30. The minimum absolute atomic E-state index is 0.0984. The van der Waals surface area contributed by atoms with Gasteiger partial charge in [-0.05, 0) is 35.9 Å². The lowest BCUT2D eigenvalue weighted by molar-refractivity contribution is -0.274. The standard InChI is InChI=1S/C19H14ClF4N3O2.C2HF3O2/c20-14-7-12(3-6-17(14)29-19(22,23)24)15-8-18(27-10-26-15)25-9-16(28)11-1-4-13(21)5-2-11;3-2(4,5)1(6)7/h1-8,10,16,28H,9H2,(H,25,26,27);(H,6,7)/t16-;/m0./s1. The lowest BCUT2D eigenvalue weighted by Gasteiger charge is -2.13. The number of aliphatic hydroxyl groups excluding tert-OH is 1. The van der Waals surface area contributed by atoms with Crippen LogP contribution in [0.2, 0.25) is 5.02 Å². The second-order valence-electron chi connectivity index (χ2n) is 6.73. The summed E-state index contributed by atoms with van der Waals surface area (Å²) in [5.41, 5.74) is 1.38. The van der Waals surface area contributed by atoms with Crippen LogP contribution >= 0.6 is 11.6 Å². The predicted octanol–water partition coefficient (Wildman–Crippen LogP) is 5.61. The summed E-state index contributed by atoms with van der Waals surface area (Å²) < 4.78 is 85.5. The van der Waals surface area contributed by atoms with Gasteiger partial charge in [0, 0.05) is 18.2 Å². The molecular weight excluding hydrogens is 527 g/mol. The van der Waals surface area contributed by atoms with Gasteiger partial charge in [0.2, 0.25) is 0 Å². The number of hydrogen-bond acceptors (Lipinski definition) is 6. The molecule has 0 saturated carbocycles. The second-order valence-corrected chi connectivity index (χ2v) is 7.14. The molecule has 36 heavy (non-hydrogen) atoms. The third kappa shape index (κ3) is 9.19. The first-order valence-corrected chi connectivity index (χ1v) is 9.88. The average Bonchev–Trinajstić information content (AvgIpc) is 2.78. The van der Waals surface area contributed by atoms with Crippen LogP contribution in [0.15, 0.2) is 54.9 Å². The Morgan fingerprint density at radius 3 is 2.17 bits per heavy atom. The Morgan fingerprint density at radius 1 is 1.03 bits per heavy atom. The summed E-state index contributed by atoms with van der Waals surface area (Å²) in [4.78, 5) is 17.0. The molecule has 0 aliphatic rings. The minimum Gasteiger partial charge on any atom is -0.475 e. The molecule has 0 unspecified atom stereocenters. The van der Waals surface area contributed by atoms with Gasteiger partial charge in [-0.2, -0.15) is 13.2 Å². The highest BCUT2D eigenvalue weighted by atomic mass is 35.5. The predicted molar refractivity (Wildman–Crippen MR) is 113 cm³/mol. The maximum absolute atomic E-state index is 13.0. The fourth-order valence-electron chi connectivity index (χ4n) is 2.48. The fourth-order valence-corrected chi connectivity index (χ4v) is 2.70. The van der Waals surface area contributed by atoms with Crippen molar-refractivity contribution in [2.45, 2.75) is 18.6 Å². The first kappa shape index (κ1) is 28.6. The molecule has 0 amide bonds. The monoisotopic (exact) mass is 541 g/mol. The van der Waals surface area contributed by atoms with E-state index in [9.17, 15) is 35.8 Å². The third-order valence-corrected chi connectivity index (χ3v) is 4.39. The zero-order valence-electron chi connectivity index (χ0n) is 17.6. The van der Waals surface area contributed by atoms with Gasteiger partial charge in [-0.15, -0.1) is 13.2 Å². The van der Waals surface area contributed by atoms with Gasteiger partial charge in [0.15, 0.2) is 0 Å². The van der Waals surface area contributed by atoms with Gasteiger partial charge >= 0.3 is 18.5 Å². The van der Waals surface area contributed by atoms with Gasteiger partial charge in [0.25, 0.3) is 0 Å². The van der Waals surface area contributed by atoms with Crippen LogP contribution in [-0.2, 0) is 4.79 Å². The van der Waals surface area contributed by atoms with Gasteiger partial charge in [0.1, 0.15) is 23.7 Å². The van der Waals surface area contributed by atoms with Crippen molar-refractivity contribution in [3.63, 3.8) is 0 Å². The summed E-state index contributed by atoms with van der Waals surface area (Å²) in [6.07, 6.45) is -9.57. The number of alkyl halides is 6. The van der Waals surface area contributed by atoms with Crippen LogP contribution < -0.4 is 10.1 Å². The molecule has 0 saturated heterocycles. The van der Waals surface area contributed by atoms with Crippen LogP contribution in [0.4, 0.5) is 36.6 Å². The van der Waals surface area contributed by atoms with Crippen molar-refractivity contribution in [1.29, 1.82) is 0 Å². The van der Waals surface area contributed by atoms with Crippen LogP contribution in [0.5, 0.6) is 5.75 Å². The highest BCUT2D eigenvalue weighted by Crippen LogP contribution is 2.33. The zero-order valence-corrected chi connectivity index (χ0v) is 18.4. The van der Waals surface area contributed by atoms with E-state index in [0.29, 0.717) is 22.6 Å². The normalized spacial score (nSPS) is 12.2. The largest absolute Gasteiger partial charge is 0.573 e. The second kappa shape index (κ2) is 11.9. The molecule has 0 aliphatic heterocycles. The van der Waals surface area contributed by atoms with Crippen molar-refractivity contribution in [1.82, 2.24) is 9.97 Å². The lowest BCUT2D eigenvalue weighted by Crippen LogP contribution is -2.21. The van der Waals surface area contributed by atoms with Crippen LogP contribution in [0.1, 0.15) is 11.7 Å². The summed E-state index contributed by atoms with van der Waals surface area (Å²) in [7, 11) is 0. The highest BCUT2D eigenvalue weighted by molar-refractivity contribution is 6.32. The number of halogens is 8. The quantitative estimate of drug-likeness (QED) is 0.348. The van der Waals surface area contributed by atoms with Gasteiger partial charge in [-0.25, -0.2) is 19.2 Å². The number of carbonyl (C=O) groups is 1. The Hall–Kier alpha value is -3.65. The Kier molecular flexibility index (Phi) is 9.42. The minimum atomic E-state index is -5.08. The van der Waals surface area contributed by atoms with E-state index in [0.717, 1.165) is 6.07 Å². The van der Waals surface area contributed by atoms with E-state index in [4.69, 9.17) is 21.5 Å². The van der Waals surface area contributed by atoms with Crippen LogP contribution in [-0.4, -0.2) is 45.2 Å². The molecule has 15 heteroatoms. The summed E-state index contributed by atoms with van der Waals surface area (Å²) >= 11 is 5.86. The van der Waals surface area contributed by atoms with Crippen LogP contribution in [0.3, 0.4) is 0 Å². The van der Waals surface area contributed by atoms with Crippen LogP contribution in [0, 0.1) is 5.82 Å². The first-order valence-electron chi connectivity index (χ1n) is 9.51. The molecule has 3 aromatic rings. The molecule has 1 heterocycles. The molecule has 0 fully saturated rings. The maximum atomic E-state index is 13.0. The van der Waals surface area contributed by atoms with Crippen LogP contribution in [0.25, 0.3) is 11.3 Å². The fraction of sp³-hybridized carbons (Fsp3) is 0.190. The highest BCUT2D eigenvalue weighted by Gasteiger charge is 2.38. The number of aliphatic carboxylic acids is 1. The topological polar surface area (TPSA) is 105 Å². The van der Waals surface area contributed by atoms with Crippen molar-refractivity contribution >= 4 is 23.4 Å². The Labute approximate surface area is 203 Å². The van der Waals surface area contributed by atoms with Gasteiger partial charge in [-0.3, -0.25) is 0 Å². The maximum Gasteiger partial charge on any atom is 0.573 e. The van der Waals surface area contributed by atoms with Crippen molar-refractivity contribution < 1.29 is 50.5 Å². The van der Waals surface area contributed by atoms with Crippen molar-refractivity contribution in [3.05, 3.63) is 71.3 Å². The Morgan fingerprint density at radius 2 is 1.64 bits per heavy atom.